The van der Waals surface area contributed by atoms with Crippen LogP contribution in [-0.4, -0.2) is 43.4 Å². The zero-order valence-corrected chi connectivity index (χ0v) is 15.8. The van der Waals surface area contributed by atoms with Crippen molar-refractivity contribution in [2.45, 2.75) is 19.0 Å². The molecule has 0 saturated carbocycles. The molecule has 2 heterocycles. The van der Waals surface area contributed by atoms with Gasteiger partial charge < -0.3 is 14.1 Å². The van der Waals surface area contributed by atoms with E-state index in [2.05, 4.69) is 15.9 Å². The van der Waals surface area contributed by atoms with E-state index in [1.54, 1.807) is 23.1 Å². The van der Waals surface area contributed by atoms with Gasteiger partial charge in [-0.05, 0) is 46.6 Å². The Labute approximate surface area is 154 Å². The molecular weight excluding hydrogens is 410 g/mol. The highest BCUT2D eigenvalue weighted by Gasteiger charge is 2.35. The van der Waals surface area contributed by atoms with Gasteiger partial charge in [0, 0.05) is 6.04 Å². The Balaban J connectivity index is 1.71. The number of para-hydroxylation sites is 1. The van der Waals surface area contributed by atoms with Gasteiger partial charge in [-0.3, -0.25) is 4.79 Å². The van der Waals surface area contributed by atoms with Crippen LogP contribution in [0.4, 0.5) is 0 Å². The molecule has 134 valence electrons. The van der Waals surface area contributed by atoms with Gasteiger partial charge in [-0.25, -0.2) is 8.42 Å². The normalized spacial score (nSPS) is 18.8. The molecule has 25 heavy (non-hydrogen) atoms. The lowest BCUT2D eigenvalue weighted by Gasteiger charge is -2.27. The standard InChI is InChI=1S/C17H18BrNO5S/c18-15-5-1-2-6-16(15)24-11-17(20)19(10-14-4-3-8-23-14)13-7-9-25(21,22)12-13/h1-6,8,13H,7,9-12H2/t13-/m1/s1. The van der Waals surface area contributed by atoms with E-state index in [9.17, 15) is 13.2 Å². The second-order valence-electron chi connectivity index (χ2n) is 5.88. The largest absolute Gasteiger partial charge is 0.483 e. The van der Waals surface area contributed by atoms with Crippen LogP contribution >= 0.6 is 15.9 Å². The summed E-state index contributed by atoms with van der Waals surface area (Å²) in [6, 6.07) is 10.4. The number of furan rings is 1. The molecule has 1 aromatic heterocycles. The monoisotopic (exact) mass is 427 g/mol. The predicted molar refractivity (Wildman–Crippen MR) is 96.0 cm³/mol. The molecule has 1 aliphatic heterocycles. The third-order valence-corrected chi connectivity index (χ3v) is 6.47. The zero-order chi connectivity index (χ0) is 17.9. The van der Waals surface area contributed by atoms with Crippen LogP contribution in [0.25, 0.3) is 0 Å². The number of amides is 1. The summed E-state index contributed by atoms with van der Waals surface area (Å²) >= 11 is 3.37. The number of halogens is 1. The van der Waals surface area contributed by atoms with E-state index in [1.807, 2.05) is 18.2 Å². The first kappa shape index (κ1) is 18.0. The van der Waals surface area contributed by atoms with E-state index in [0.29, 0.717) is 17.9 Å². The molecule has 6 nitrogen and oxygen atoms in total. The number of carbonyl (C=O) groups is 1. The molecule has 0 radical (unpaired) electrons. The molecule has 1 saturated heterocycles. The van der Waals surface area contributed by atoms with E-state index in [1.165, 1.54) is 6.26 Å². The van der Waals surface area contributed by atoms with Crippen LogP contribution in [0, 0.1) is 0 Å². The molecular formula is C17H18BrNO5S. The van der Waals surface area contributed by atoms with E-state index in [0.717, 1.165) is 4.47 Å². The summed E-state index contributed by atoms with van der Waals surface area (Å²) in [5, 5.41) is 0. The number of carbonyl (C=O) groups excluding carboxylic acids is 1. The third kappa shape index (κ3) is 4.64. The number of nitrogens with zero attached hydrogens (tertiary/aromatic N) is 1. The average Bonchev–Trinajstić information content (AvgIpc) is 3.20. The van der Waals surface area contributed by atoms with Crippen molar-refractivity contribution in [2.75, 3.05) is 18.1 Å². The van der Waals surface area contributed by atoms with Crippen LogP contribution in [0.2, 0.25) is 0 Å². The summed E-state index contributed by atoms with van der Waals surface area (Å²) in [7, 11) is -3.10. The quantitative estimate of drug-likeness (QED) is 0.707. The van der Waals surface area contributed by atoms with Crippen LogP contribution in [0.3, 0.4) is 0 Å². The maximum absolute atomic E-state index is 12.7. The molecule has 1 aliphatic rings. The van der Waals surface area contributed by atoms with Gasteiger partial charge in [-0.2, -0.15) is 0 Å². The first-order valence-corrected chi connectivity index (χ1v) is 10.5. The average molecular weight is 428 g/mol. The fraction of sp³-hybridized carbons (Fsp3) is 0.353. The Kier molecular flexibility index (Phi) is 5.48. The Morgan fingerprint density at radius 2 is 2.08 bits per heavy atom. The molecule has 8 heteroatoms. The molecule has 1 atom stereocenters. The van der Waals surface area contributed by atoms with Gasteiger partial charge in [0.05, 0.1) is 28.8 Å². The van der Waals surface area contributed by atoms with Crippen LogP contribution < -0.4 is 4.74 Å². The Morgan fingerprint density at radius 3 is 2.72 bits per heavy atom. The molecule has 1 aromatic carbocycles. The summed E-state index contributed by atoms with van der Waals surface area (Å²) in [5.41, 5.74) is 0. The van der Waals surface area contributed by atoms with Gasteiger partial charge in [0.15, 0.2) is 16.4 Å². The molecule has 0 aliphatic carbocycles. The zero-order valence-electron chi connectivity index (χ0n) is 13.4. The topological polar surface area (TPSA) is 76.8 Å². The summed E-state index contributed by atoms with van der Waals surface area (Å²) in [6.07, 6.45) is 1.96. The first-order valence-electron chi connectivity index (χ1n) is 7.84. The van der Waals surface area contributed by atoms with E-state index in [-0.39, 0.29) is 36.6 Å². The number of sulfone groups is 1. The fourth-order valence-electron chi connectivity index (χ4n) is 2.80. The first-order chi connectivity index (χ1) is 11.9. The van der Waals surface area contributed by atoms with Crippen molar-refractivity contribution in [3.05, 3.63) is 52.9 Å². The lowest BCUT2D eigenvalue weighted by molar-refractivity contribution is -0.136. The smallest absolute Gasteiger partial charge is 0.261 e. The summed E-state index contributed by atoms with van der Waals surface area (Å²) < 4.78 is 35.3. The van der Waals surface area contributed by atoms with Crippen molar-refractivity contribution in [2.24, 2.45) is 0 Å². The van der Waals surface area contributed by atoms with Gasteiger partial charge in [0.1, 0.15) is 11.5 Å². The highest BCUT2D eigenvalue weighted by molar-refractivity contribution is 9.10. The van der Waals surface area contributed by atoms with Crippen LogP contribution in [0.5, 0.6) is 5.75 Å². The molecule has 1 fully saturated rings. The van der Waals surface area contributed by atoms with Crippen molar-refractivity contribution in [1.29, 1.82) is 0 Å². The van der Waals surface area contributed by atoms with Gasteiger partial charge in [0.2, 0.25) is 0 Å². The Hall–Kier alpha value is -1.80. The molecule has 0 unspecified atom stereocenters. The molecule has 3 rings (SSSR count). The van der Waals surface area contributed by atoms with Gasteiger partial charge in [0.25, 0.3) is 5.91 Å². The minimum absolute atomic E-state index is 0.0194. The Morgan fingerprint density at radius 1 is 1.28 bits per heavy atom. The highest BCUT2D eigenvalue weighted by Crippen LogP contribution is 2.25. The van der Waals surface area contributed by atoms with Crippen LogP contribution in [-0.2, 0) is 21.2 Å². The van der Waals surface area contributed by atoms with Gasteiger partial charge in [-0.1, -0.05) is 12.1 Å². The van der Waals surface area contributed by atoms with Crippen molar-refractivity contribution in [3.8, 4) is 5.75 Å². The van der Waals surface area contributed by atoms with Crippen molar-refractivity contribution >= 4 is 31.7 Å². The predicted octanol–water partition coefficient (Wildman–Crippen LogP) is 2.64. The summed E-state index contributed by atoms with van der Waals surface area (Å²) in [4.78, 5) is 14.2. The van der Waals surface area contributed by atoms with Crippen LogP contribution in [0.1, 0.15) is 12.2 Å². The van der Waals surface area contributed by atoms with Crippen LogP contribution in [0.15, 0.2) is 51.6 Å². The molecule has 0 bridgehead atoms. The van der Waals surface area contributed by atoms with Crippen molar-refractivity contribution in [1.82, 2.24) is 4.90 Å². The molecule has 0 spiro atoms. The van der Waals surface area contributed by atoms with Crippen molar-refractivity contribution in [3.63, 3.8) is 0 Å². The maximum atomic E-state index is 12.7. The number of ether oxygens (including phenoxy) is 1. The second-order valence-corrected chi connectivity index (χ2v) is 8.96. The lowest BCUT2D eigenvalue weighted by atomic mass is 10.2. The molecule has 1 amide bonds. The number of hydrogen-bond acceptors (Lipinski definition) is 5. The summed E-state index contributed by atoms with van der Waals surface area (Å²) in [5.74, 6) is 0.986. The van der Waals surface area contributed by atoms with Gasteiger partial charge >= 0.3 is 0 Å². The minimum atomic E-state index is -3.10. The second kappa shape index (κ2) is 7.61. The molecule has 0 N–H and O–H groups in total. The highest BCUT2D eigenvalue weighted by atomic mass is 79.9. The number of hydrogen-bond donors (Lipinski definition) is 0. The Bertz CT molecular complexity index is 834. The van der Waals surface area contributed by atoms with E-state index < -0.39 is 9.84 Å². The number of benzene rings is 1. The number of rotatable bonds is 6. The lowest BCUT2D eigenvalue weighted by Crippen LogP contribution is -2.43. The summed E-state index contributed by atoms with van der Waals surface area (Å²) in [6.45, 7) is 0.0607. The maximum Gasteiger partial charge on any atom is 0.261 e. The van der Waals surface area contributed by atoms with Crippen molar-refractivity contribution < 1.29 is 22.4 Å². The van der Waals surface area contributed by atoms with E-state index in [4.69, 9.17) is 9.15 Å². The van der Waals surface area contributed by atoms with E-state index >= 15 is 0 Å². The molecule has 2 aromatic rings. The van der Waals surface area contributed by atoms with Gasteiger partial charge in [-0.15, -0.1) is 0 Å². The SMILES string of the molecule is O=C(COc1ccccc1Br)N(Cc1ccco1)[C@@H]1CCS(=O)(=O)C1. The fourth-order valence-corrected chi connectivity index (χ4v) is 4.93. The minimum Gasteiger partial charge on any atom is -0.483 e. The third-order valence-electron chi connectivity index (χ3n) is 4.06.